The van der Waals surface area contributed by atoms with Crippen molar-refractivity contribution in [1.82, 2.24) is 15.1 Å². The number of nitrogens with two attached hydrogens (primary N) is 1. The summed E-state index contributed by atoms with van der Waals surface area (Å²) in [5.41, 5.74) is 6.33. The molecule has 1 unspecified atom stereocenters. The molecule has 3 N–H and O–H groups in total. The Hall–Kier alpha value is -2.28. The van der Waals surface area contributed by atoms with Gasteiger partial charge >= 0.3 is 6.03 Å². The third-order valence-electron chi connectivity index (χ3n) is 4.29. The molecule has 1 aromatic rings. The van der Waals surface area contributed by atoms with Gasteiger partial charge in [-0.15, -0.1) is 0 Å². The molecule has 1 fully saturated rings. The molecule has 0 saturated carbocycles. The topological polar surface area (TPSA) is 87.9 Å². The Morgan fingerprint density at radius 3 is 2.38 bits per heavy atom. The minimum atomic E-state index is -0.672. The van der Waals surface area contributed by atoms with E-state index in [1.54, 1.807) is 18.9 Å². The Labute approximate surface area is 142 Å². The summed E-state index contributed by atoms with van der Waals surface area (Å²) in [7, 11) is 1.66. The van der Waals surface area contributed by atoms with Crippen LogP contribution >= 0.6 is 0 Å². The van der Waals surface area contributed by atoms with Gasteiger partial charge in [-0.25, -0.2) is 4.79 Å². The minimum absolute atomic E-state index is 0.0800. The Bertz CT molecular complexity index is 553. The van der Waals surface area contributed by atoms with E-state index in [0.717, 1.165) is 31.8 Å². The van der Waals surface area contributed by atoms with E-state index in [-0.39, 0.29) is 5.91 Å². The zero-order valence-corrected chi connectivity index (χ0v) is 14.3. The highest BCUT2D eigenvalue weighted by atomic mass is 16.5. The maximum Gasteiger partial charge on any atom is 0.312 e. The molecule has 1 aliphatic heterocycles. The number of hydrogen-bond donors (Lipinski definition) is 2. The Kier molecular flexibility index (Phi) is 6.43. The third kappa shape index (κ3) is 5.13. The zero-order chi connectivity index (χ0) is 17.5. The largest absolute Gasteiger partial charge is 0.497 e. The van der Waals surface area contributed by atoms with E-state index >= 15 is 0 Å². The van der Waals surface area contributed by atoms with Crippen molar-refractivity contribution in [1.29, 1.82) is 0 Å². The molecule has 0 aromatic heterocycles. The van der Waals surface area contributed by atoms with Crippen LogP contribution < -0.4 is 15.8 Å². The number of primary amides is 1. The molecule has 0 spiro atoms. The maximum atomic E-state index is 12.2. The second kappa shape index (κ2) is 8.54. The highest BCUT2D eigenvalue weighted by Gasteiger charge is 2.25. The van der Waals surface area contributed by atoms with Crippen molar-refractivity contribution >= 4 is 11.9 Å². The summed E-state index contributed by atoms with van der Waals surface area (Å²) in [5, 5.41) is 2.43. The van der Waals surface area contributed by atoms with Gasteiger partial charge in [0.15, 0.2) is 0 Å². The molecule has 0 bridgehead atoms. The average molecular weight is 334 g/mol. The van der Waals surface area contributed by atoms with E-state index in [9.17, 15) is 9.59 Å². The molecule has 7 nitrogen and oxygen atoms in total. The Morgan fingerprint density at radius 2 is 1.83 bits per heavy atom. The van der Waals surface area contributed by atoms with Gasteiger partial charge in [-0.3, -0.25) is 9.69 Å². The van der Waals surface area contributed by atoms with Crippen LogP contribution in [-0.2, 0) is 11.2 Å². The van der Waals surface area contributed by atoms with E-state index in [0.29, 0.717) is 13.1 Å². The molecule has 0 radical (unpaired) electrons. The standard InChI is InChI=1S/C17H26N4O3/c1-13(19-17(18)23)16(22)21-11-9-20(10-12-21)8-7-14-3-5-15(24-2)6-4-14/h3-6,13H,7-12H2,1-2H3,(H3,18,19,23). The quantitative estimate of drug-likeness (QED) is 0.790. The molecular weight excluding hydrogens is 308 g/mol. The number of benzene rings is 1. The summed E-state index contributed by atoms with van der Waals surface area (Å²) in [6.07, 6.45) is 0.970. The number of hydrogen-bond acceptors (Lipinski definition) is 4. The number of nitrogens with one attached hydrogen (secondary N) is 1. The second-order valence-corrected chi connectivity index (χ2v) is 6.00. The van der Waals surface area contributed by atoms with Crippen LogP contribution in [-0.4, -0.2) is 67.6 Å². The summed E-state index contributed by atoms with van der Waals surface area (Å²) < 4.78 is 5.16. The molecule has 132 valence electrons. The van der Waals surface area contributed by atoms with Crippen molar-refractivity contribution < 1.29 is 14.3 Å². The van der Waals surface area contributed by atoms with Gasteiger partial charge in [-0.2, -0.15) is 0 Å². The molecule has 24 heavy (non-hydrogen) atoms. The van der Waals surface area contributed by atoms with Crippen LogP contribution in [0.3, 0.4) is 0 Å². The summed E-state index contributed by atoms with van der Waals surface area (Å²) in [6, 6.07) is 6.85. The first-order valence-electron chi connectivity index (χ1n) is 8.19. The number of rotatable bonds is 6. The van der Waals surface area contributed by atoms with Gasteiger partial charge in [-0.1, -0.05) is 12.1 Å². The lowest BCUT2D eigenvalue weighted by molar-refractivity contribution is -0.134. The number of carbonyl (C=O) groups is 2. The van der Waals surface area contributed by atoms with E-state index in [2.05, 4.69) is 22.3 Å². The number of amides is 3. The van der Waals surface area contributed by atoms with Crippen LogP contribution in [0.25, 0.3) is 0 Å². The summed E-state index contributed by atoms with van der Waals surface area (Å²) in [4.78, 5) is 27.2. The number of piperazine rings is 1. The third-order valence-corrected chi connectivity index (χ3v) is 4.29. The van der Waals surface area contributed by atoms with Gasteiger partial charge in [0.05, 0.1) is 7.11 Å². The van der Waals surface area contributed by atoms with Crippen LogP contribution in [0.2, 0.25) is 0 Å². The Balaban J connectivity index is 1.74. The van der Waals surface area contributed by atoms with Gasteiger partial charge in [0.1, 0.15) is 11.8 Å². The van der Waals surface area contributed by atoms with E-state index in [1.165, 1.54) is 5.56 Å². The van der Waals surface area contributed by atoms with Crippen molar-refractivity contribution in [3.8, 4) is 5.75 Å². The van der Waals surface area contributed by atoms with Gasteiger partial charge in [-0.05, 0) is 31.0 Å². The smallest absolute Gasteiger partial charge is 0.312 e. The van der Waals surface area contributed by atoms with Crippen molar-refractivity contribution in [3.63, 3.8) is 0 Å². The normalized spacial score (nSPS) is 16.5. The lowest BCUT2D eigenvalue weighted by atomic mass is 10.1. The summed E-state index contributed by atoms with van der Waals surface area (Å²) in [5.74, 6) is 0.785. The average Bonchev–Trinajstić information content (AvgIpc) is 2.59. The van der Waals surface area contributed by atoms with Crippen LogP contribution in [0.5, 0.6) is 5.75 Å². The number of carbonyl (C=O) groups excluding carboxylic acids is 2. The lowest BCUT2D eigenvalue weighted by Crippen LogP contribution is -2.54. The molecule has 1 aliphatic rings. The van der Waals surface area contributed by atoms with E-state index in [4.69, 9.17) is 10.5 Å². The number of ether oxygens (including phenoxy) is 1. The highest BCUT2D eigenvalue weighted by Crippen LogP contribution is 2.12. The first-order valence-corrected chi connectivity index (χ1v) is 8.19. The summed E-state index contributed by atoms with van der Waals surface area (Å²) >= 11 is 0. The Morgan fingerprint density at radius 1 is 1.21 bits per heavy atom. The number of nitrogens with zero attached hydrogens (tertiary/aromatic N) is 2. The highest BCUT2D eigenvalue weighted by molar-refractivity contribution is 5.86. The van der Waals surface area contributed by atoms with E-state index < -0.39 is 12.1 Å². The van der Waals surface area contributed by atoms with Crippen molar-refractivity contribution in [2.45, 2.75) is 19.4 Å². The van der Waals surface area contributed by atoms with Crippen LogP contribution in [0.15, 0.2) is 24.3 Å². The molecule has 2 rings (SSSR count). The number of urea groups is 1. The van der Waals surface area contributed by atoms with Crippen molar-refractivity contribution in [2.24, 2.45) is 5.73 Å². The maximum absolute atomic E-state index is 12.2. The predicted octanol–water partition coefficient (Wildman–Crippen LogP) is 0.439. The first-order chi connectivity index (χ1) is 11.5. The molecule has 1 aromatic carbocycles. The van der Waals surface area contributed by atoms with Crippen LogP contribution in [0.4, 0.5) is 4.79 Å². The van der Waals surface area contributed by atoms with Gasteiger partial charge < -0.3 is 20.7 Å². The lowest BCUT2D eigenvalue weighted by Gasteiger charge is -2.36. The van der Waals surface area contributed by atoms with E-state index in [1.807, 2.05) is 12.1 Å². The van der Waals surface area contributed by atoms with Crippen molar-refractivity contribution in [2.75, 3.05) is 39.8 Å². The fourth-order valence-electron chi connectivity index (χ4n) is 2.82. The van der Waals surface area contributed by atoms with Crippen LogP contribution in [0, 0.1) is 0 Å². The number of methoxy groups -OCH3 is 1. The van der Waals surface area contributed by atoms with Gasteiger partial charge in [0, 0.05) is 32.7 Å². The van der Waals surface area contributed by atoms with Crippen molar-refractivity contribution in [3.05, 3.63) is 29.8 Å². The molecule has 3 amide bonds. The fraction of sp³-hybridized carbons (Fsp3) is 0.529. The monoisotopic (exact) mass is 334 g/mol. The molecule has 0 aliphatic carbocycles. The second-order valence-electron chi connectivity index (χ2n) is 6.00. The van der Waals surface area contributed by atoms with Crippen LogP contribution in [0.1, 0.15) is 12.5 Å². The molecule has 7 heteroatoms. The zero-order valence-electron chi connectivity index (χ0n) is 14.3. The molecular formula is C17H26N4O3. The summed E-state index contributed by atoms with van der Waals surface area (Å²) in [6.45, 7) is 5.64. The SMILES string of the molecule is COc1ccc(CCN2CCN(C(=O)C(C)NC(N)=O)CC2)cc1. The molecule has 1 heterocycles. The van der Waals surface area contributed by atoms with Gasteiger partial charge in [0.2, 0.25) is 5.91 Å². The molecule has 1 atom stereocenters. The molecule has 1 saturated heterocycles. The first kappa shape index (κ1) is 18.1. The van der Waals surface area contributed by atoms with Gasteiger partial charge in [0.25, 0.3) is 0 Å². The predicted molar refractivity (Wildman–Crippen MR) is 91.9 cm³/mol. The minimum Gasteiger partial charge on any atom is -0.497 e. The fourth-order valence-corrected chi connectivity index (χ4v) is 2.82.